The summed E-state index contributed by atoms with van der Waals surface area (Å²) in [6.45, 7) is 5.63. The molecule has 1 saturated heterocycles. The van der Waals surface area contributed by atoms with E-state index >= 15 is 0 Å². The molecule has 0 saturated carbocycles. The second-order valence-corrected chi connectivity index (χ2v) is 4.76. The normalized spacial score (nSPS) is 18.5. The summed E-state index contributed by atoms with van der Waals surface area (Å²) >= 11 is 0. The van der Waals surface area contributed by atoms with Crippen molar-refractivity contribution < 1.29 is 14.7 Å². The Balaban J connectivity index is 2.34. The molecule has 1 amide bonds. The molecule has 0 atom stereocenters. The minimum absolute atomic E-state index is 0.0640. The number of amides is 1. The van der Waals surface area contributed by atoms with E-state index in [-0.39, 0.29) is 17.8 Å². The fourth-order valence-electron chi connectivity index (χ4n) is 1.77. The Kier molecular flexibility index (Phi) is 5.06. The molecule has 1 fully saturated rings. The van der Waals surface area contributed by atoms with Gasteiger partial charge in [-0.25, -0.2) is 4.79 Å². The summed E-state index contributed by atoms with van der Waals surface area (Å²) in [5, 5.41) is 11.6. The largest absolute Gasteiger partial charge is 0.449 e. The Labute approximate surface area is 101 Å². The van der Waals surface area contributed by atoms with Gasteiger partial charge in [-0.05, 0) is 18.8 Å². The van der Waals surface area contributed by atoms with Crippen LogP contribution in [0.25, 0.3) is 0 Å². The van der Waals surface area contributed by atoms with E-state index in [4.69, 9.17) is 15.7 Å². The molecule has 0 unspecified atom stereocenters. The first-order valence-corrected chi connectivity index (χ1v) is 5.93. The van der Waals surface area contributed by atoms with Crippen LogP contribution >= 0.6 is 0 Å². The maximum atomic E-state index is 11.6. The molecule has 0 aromatic heterocycles. The van der Waals surface area contributed by atoms with E-state index < -0.39 is 0 Å². The lowest BCUT2D eigenvalue weighted by molar-refractivity contribution is 0.0826. The Hall–Kier alpha value is -1.46. The van der Waals surface area contributed by atoms with Crippen molar-refractivity contribution in [3.63, 3.8) is 0 Å². The van der Waals surface area contributed by atoms with Crippen molar-refractivity contribution in [2.75, 3.05) is 19.7 Å². The average molecular weight is 243 g/mol. The van der Waals surface area contributed by atoms with Gasteiger partial charge in [0.05, 0.1) is 6.61 Å². The van der Waals surface area contributed by atoms with Crippen LogP contribution in [0.2, 0.25) is 0 Å². The molecule has 3 N–H and O–H groups in total. The van der Waals surface area contributed by atoms with E-state index in [9.17, 15) is 4.79 Å². The number of hydrogen-bond acceptors (Lipinski definition) is 4. The maximum Gasteiger partial charge on any atom is 0.409 e. The SMILES string of the molecule is CC(C)COC(=O)N1CCC(C(N)=NO)CC1. The highest BCUT2D eigenvalue weighted by molar-refractivity contribution is 5.82. The molecule has 98 valence electrons. The van der Waals surface area contributed by atoms with Gasteiger partial charge in [-0.2, -0.15) is 0 Å². The zero-order valence-electron chi connectivity index (χ0n) is 10.4. The Morgan fingerprint density at radius 2 is 2.12 bits per heavy atom. The summed E-state index contributed by atoms with van der Waals surface area (Å²) in [6, 6.07) is 0. The first-order chi connectivity index (χ1) is 8.04. The number of likely N-dealkylation sites (tertiary alicyclic amines) is 1. The van der Waals surface area contributed by atoms with Crippen molar-refractivity contribution in [1.82, 2.24) is 4.90 Å². The van der Waals surface area contributed by atoms with Crippen molar-refractivity contribution >= 4 is 11.9 Å². The summed E-state index contributed by atoms with van der Waals surface area (Å²) in [7, 11) is 0. The van der Waals surface area contributed by atoms with Gasteiger partial charge >= 0.3 is 6.09 Å². The minimum Gasteiger partial charge on any atom is -0.449 e. The van der Waals surface area contributed by atoms with Gasteiger partial charge in [0.15, 0.2) is 0 Å². The number of amidine groups is 1. The molecule has 0 aromatic carbocycles. The van der Waals surface area contributed by atoms with Gasteiger partial charge in [-0.3, -0.25) is 0 Å². The van der Waals surface area contributed by atoms with Gasteiger partial charge in [-0.1, -0.05) is 19.0 Å². The lowest BCUT2D eigenvalue weighted by Crippen LogP contribution is -2.42. The van der Waals surface area contributed by atoms with Gasteiger partial charge in [0, 0.05) is 19.0 Å². The van der Waals surface area contributed by atoms with Crippen molar-refractivity contribution in [2.45, 2.75) is 26.7 Å². The second kappa shape index (κ2) is 6.32. The number of ether oxygens (including phenoxy) is 1. The monoisotopic (exact) mass is 243 g/mol. The Morgan fingerprint density at radius 3 is 2.59 bits per heavy atom. The Bertz CT molecular complexity index is 284. The quantitative estimate of drug-likeness (QED) is 0.338. The molecule has 1 aliphatic rings. The number of rotatable bonds is 3. The number of oxime groups is 1. The van der Waals surface area contributed by atoms with Crippen LogP contribution in [0, 0.1) is 11.8 Å². The van der Waals surface area contributed by atoms with Crippen LogP contribution in [0.4, 0.5) is 4.79 Å². The molecule has 6 heteroatoms. The smallest absolute Gasteiger partial charge is 0.409 e. The number of nitrogens with zero attached hydrogens (tertiary/aromatic N) is 2. The van der Waals surface area contributed by atoms with Gasteiger partial charge in [0.25, 0.3) is 0 Å². The molecule has 0 aliphatic carbocycles. The van der Waals surface area contributed by atoms with Gasteiger partial charge < -0.3 is 20.6 Å². The molecular formula is C11H21N3O3. The highest BCUT2D eigenvalue weighted by Crippen LogP contribution is 2.18. The molecule has 1 rings (SSSR count). The summed E-state index contributed by atoms with van der Waals surface area (Å²) in [6.07, 6.45) is 1.16. The number of carbonyl (C=O) groups excluding carboxylic acids is 1. The van der Waals surface area contributed by atoms with E-state index in [0.29, 0.717) is 38.5 Å². The van der Waals surface area contributed by atoms with E-state index in [2.05, 4.69) is 5.16 Å². The third-order valence-electron chi connectivity index (χ3n) is 2.83. The maximum absolute atomic E-state index is 11.6. The van der Waals surface area contributed by atoms with Crippen LogP contribution in [-0.2, 0) is 4.74 Å². The molecule has 0 bridgehead atoms. The van der Waals surface area contributed by atoms with E-state index in [1.807, 2.05) is 13.8 Å². The van der Waals surface area contributed by atoms with Crippen molar-refractivity contribution in [3.05, 3.63) is 0 Å². The van der Waals surface area contributed by atoms with Crippen LogP contribution in [0.3, 0.4) is 0 Å². The minimum atomic E-state index is -0.267. The highest BCUT2D eigenvalue weighted by Gasteiger charge is 2.26. The molecule has 0 spiro atoms. The standard InChI is InChI=1S/C11H21N3O3/c1-8(2)7-17-11(15)14-5-3-9(4-6-14)10(12)13-16/h8-9,16H,3-7H2,1-2H3,(H2,12,13). The van der Waals surface area contributed by atoms with Crippen molar-refractivity contribution in [3.8, 4) is 0 Å². The van der Waals surface area contributed by atoms with Crippen molar-refractivity contribution in [1.29, 1.82) is 0 Å². The number of piperidine rings is 1. The van der Waals surface area contributed by atoms with Crippen molar-refractivity contribution in [2.24, 2.45) is 22.7 Å². The van der Waals surface area contributed by atoms with Gasteiger partial charge in [-0.15, -0.1) is 0 Å². The summed E-state index contributed by atoms with van der Waals surface area (Å²) in [5.41, 5.74) is 5.53. The lowest BCUT2D eigenvalue weighted by Gasteiger charge is -2.30. The summed E-state index contributed by atoms with van der Waals surface area (Å²) in [4.78, 5) is 13.3. The van der Waals surface area contributed by atoms with Crippen LogP contribution < -0.4 is 5.73 Å². The van der Waals surface area contributed by atoms with Crippen LogP contribution in [0.15, 0.2) is 5.16 Å². The van der Waals surface area contributed by atoms with E-state index in [0.717, 1.165) is 0 Å². The zero-order valence-corrected chi connectivity index (χ0v) is 10.4. The van der Waals surface area contributed by atoms with Crippen LogP contribution in [-0.4, -0.2) is 41.7 Å². The zero-order chi connectivity index (χ0) is 12.8. The number of nitrogens with two attached hydrogens (primary N) is 1. The van der Waals surface area contributed by atoms with E-state index in [1.54, 1.807) is 4.90 Å². The third-order valence-corrected chi connectivity index (χ3v) is 2.83. The molecule has 1 aliphatic heterocycles. The van der Waals surface area contributed by atoms with Gasteiger partial charge in [0.2, 0.25) is 0 Å². The fraction of sp³-hybridized carbons (Fsp3) is 0.818. The molecular weight excluding hydrogens is 222 g/mol. The summed E-state index contributed by atoms with van der Waals surface area (Å²) < 4.78 is 5.14. The highest BCUT2D eigenvalue weighted by atomic mass is 16.6. The number of hydrogen-bond donors (Lipinski definition) is 2. The Morgan fingerprint density at radius 1 is 1.53 bits per heavy atom. The third kappa shape index (κ3) is 4.13. The molecule has 6 nitrogen and oxygen atoms in total. The van der Waals surface area contributed by atoms with E-state index in [1.165, 1.54) is 0 Å². The number of carbonyl (C=O) groups is 1. The molecule has 0 aromatic rings. The topological polar surface area (TPSA) is 88.2 Å². The lowest BCUT2D eigenvalue weighted by atomic mass is 9.96. The molecule has 0 radical (unpaired) electrons. The average Bonchev–Trinajstić information content (AvgIpc) is 2.35. The van der Waals surface area contributed by atoms with Crippen LogP contribution in [0.5, 0.6) is 0 Å². The second-order valence-electron chi connectivity index (χ2n) is 4.76. The van der Waals surface area contributed by atoms with Gasteiger partial charge in [0.1, 0.15) is 5.84 Å². The first-order valence-electron chi connectivity index (χ1n) is 5.93. The first kappa shape index (κ1) is 13.6. The molecule has 17 heavy (non-hydrogen) atoms. The molecule has 1 heterocycles. The fourth-order valence-corrected chi connectivity index (χ4v) is 1.77. The predicted molar refractivity (Wildman–Crippen MR) is 63.9 cm³/mol. The summed E-state index contributed by atoms with van der Waals surface area (Å²) in [5.74, 6) is 0.656. The predicted octanol–water partition coefficient (Wildman–Crippen LogP) is 1.24. The van der Waals surface area contributed by atoms with Crippen LogP contribution in [0.1, 0.15) is 26.7 Å².